The Kier molecular flexibility index (Phi) is 15.4. The molecule has 0 bridgehead atoms. The lowest BCUT2D eigenvalue weighted by Gasteiger charge is -2.28. The average molecular weight is 489 g/mol. The number of hydrogen-bond donors (Lipinski definition) is 4. The normalized spacial score (nSPS) is 12.8. The number of aromatic hydroxyl groups is 4. The topological polar surface area (TPSA) is 80.9 Å². The third-order valence-corrected chi connectivity index (χ3v) is 5.23. The number of phenols is 4. The van der Waals surface area contributed by atoms with Gasteiger partial charge in [-0.05, 0) is 66.8 Å². The van der Waals surface area contributed by atoms with Gasteiger partial charge in [-0.2, -0.15) is 0 Å². The SMILES string of the molecule is CC1(C)CCCCC1.Oc1ccccc1.Oc1ccccc1.Oc1ccccc1.Oc1ccccc1. The van der Waals surface area contributed by atoms with E-state index in [2.05, 4.69) is 13.8 Å². The summed E-state index contributed by atoms with van der Waals surface area (Å²) in [5, 5.41) is 34.5. The van der Waals surface area contributed by atoms with Gasteiger partial charge in [0.25, 0.3) is 0 Å². The number of hydrogen-bond acceptors (Lipinski definition) is 4. The molecule has 0 heterocycles. The van der Waals surface area contributed by atoms with E-state index in [1.807, 2.05) is 24.3 Å². The van der Waals surface area contributed by atoms with Crippen LogP contribution in [0.2, 0.25) is 0 Å². The van der Waals surface area contributed by atoms with Crippen LogP contribution in [0.5, 0.6) is 23.0 Å². The molecule has 4 N–H and O–H groups in total. The zero-order valence-electron chi connectivity index (χ0n) is 21.4. The van der Waals surface area contributed by atoms with Crippen LogP contribution in [0.1, 0.15) is 46.0 Å². The van der Waals surface area contributed by atoms with Crippen molar-refractivity contribution < 1.29 is 20.4 Å². The molecule has 0 aliphatic heterocycles. The molecule has 1 saturated carbocycles. The fourth-order valence-electron chi connectivity index (χ4n) is 3.22. The van der Waals surface area contributed by atoms with Gasteiger partial charge in [-0.1, -0.05) is 106 Å². The van der Waals surface area contributed by atoms with Crippen molar-refractivity contribution in [3.8, 4) is 23.0 Å². The molecular formula is C32H40O4. The summed E-state index contributed by atoms with van der Waals surface area (Å²) in [6.07, 6.45) is 7.31. The molecule has 0 amide bonds. The van der Waals surface area contributed by atoms with E-state index in [4.69, 9.17) is 20.4 Å². The Hall–Kier alpha value is -3.92. The van der Waals surface area contributed by atoms with Gasteiger partial charge in [0.05, 0.1) is 0 Å². The van der Waals surface area contributed by atoms with Gasteiger partial charge < -0.3 is 20.4 Å². The zero-order chi connectivity index (χ0) is 26.5. The monoisotopic (exact) mass is 488 g/mol. The second-order valence-electron chi connectivity index (χ2n) is 9.07. The molecule has 0 radical (unpaired) electrons. The molecule has 0 aromatic heterocycles. The van der Waals surface area contributed by atoms with Crippen molar-refractivity contribution in [2.75, 3.05) is 0 Å². The summed E-state index contributed by atoms with van der Waals surface area (Å²) in [6, 6.07) is 34.9. The van der Waals surface area contributed by atoms with Crippen molar-refractivity contribution >= 4 is 0 Å². The van der Waals surface area contributed by atoms with E-state index in [0.29, 0.717) is 28.4 Å². The molecule has 4 heteroatoms. The van der Waals surface area contributed by atoms with Gasteiger partial charge in [-0.25, -0.2) is 0 Å². The van der Waals surface area contributed by atoms with Crippen molar-refractivity contribution in [1.82, 2.24) is 0 Å². The first-order valence-electron chi connectivity index (χ1n) is 12.2. The second kappa shape index (κ2) is 18.4. The summed E-state index contributed by atoms with van der Waals surface area (Å²) in [4.78, 5) is 0. The van der Waals surface area contributed by atoms with Crippen molar-refractivity contribution in [3.63, 3.8) is 0 Å². The van der Waals surface area contributed by atoms with Crippen LogP contribution in [0.15, 0.2) is 121 Å². The minimum Gasteiger partial charge on any atom is -0.508 e. The highest BCUT2D eigenvalue weighted by atomic mass is 16.3. The van der Waals surface area contributed by atoms with E-state index in [1.165, 1.54) is 32.1 Å². The van der Waals surface area contributed by atoms with Crippen molar-refractivity contribution in [3.05, 3.63) is 121 Å². The molecule has 0 saturated heterocycles. The van der Waals surface area contributed by atoms with Gasteiger partial charge in [-0.3, -0.25) is 0 Å². The molecule has 0 spiro atoms. The highest BCUT2D eigenvalue weighted by molar-refractivity contribution is 5.20. The Morgan fingerprint density at radius 1 is 0.389 bits per heavy atom. The van der Waals surface area contributed by atoms with Crippen LogP contribution in [0.4, 0.5) is 0 Å². The van der Waals surface area contributed by atoms with E-state index in [0.717, 1.165) is 0 Å². The number of phenolic OH excluding ortho intramolecular Hbond substituents is 4. The summed E-state index contributed by atoms with van der Waals surface area (Å²) in [5.74, 6) is 1.29. The average Bonchev–Trinajstić information content (AvgIpc) is 2.87. The highest BCUT2D eigenvalue weighted by Crippen LogP contribution is 2.34. The van der Waals surface area contributed by atoms with Crippen LogP contribution < -0.4 is 0 Å². The van der Waals surface area contributed by atoms with Gasteiger partial charge in [0, 0.05) is 0 Å². The molecule has 36 heavy (non-hydrogen) atoms. The largest absolute Gasteiger partial charge is 0.508 e. The summed E-state index contributed by atoms with van der Waals surface area (Å²) < 4.78 is 0. The molecule has 1 fully saturated rings. The van der Waals surface area contributed by atoms with Gasteiger partial charge in [0.2, 0.25) is 0 Å². The minimum atomic E-state index is 0.322. The van der Waals surface area contributed by atoms with Gasteiger partial charge >= 0.3 is 0 Å². The van der Waals surface area contributed by atoms with Crippen LogP contribution in [0.25, 0.3) is 0 Å². The third-order valence-electron chi connectivity index (χ3n) is 5.23. The Balaban J connectivity index is 0.000000225. The number of benzene rings is 4. The number of para-hydroxylation sites is 4. The third kappa shape index (κ3) is 17.5. The number of rotatable bonds is 0. The fraction of sp³-hybridized carbons (Fsp3) is 0.250. The van der Waals surface area contributed by atoms with Crippen LogP contribution in [-0.2, 0) is 0 Å². The quantitative estimate of drug-likeness (QED) is 0.200. The highest BCUT2D eigenvalue weighted by Gasteiger charge is 2.19. The molecule has 1 aliphatic rings. The predicted octanol–water partition coefficient (Wildman–Crippen LogP) is 8.55. The molecular weight excluding hydrogens is 448 g/mol. The maximum atomic E-state index is 8.63. The van der Waals surface area contributed by atoms with Crippen molar-refractivity contribution in [2.45, 2.75) is 46.0 Å². The predicted molar refractivity (Wildman–Crippen MR) is 149 cm³/mol. The molecule has 5 rings (SSSR count). The van der Waals surface area contributed by atoms with Crippen molar-refractivity contribution in [1.29, 1.82) is 0 Å². The van der Waals surface area contributed by atoms with E-state index < -0.39 is 0 Å². The molecule has 0 atom stereocenters. The standard InChI is InChI=1S/C8H16.4C6H6O/c1-8(2)6-4-3-5-7-8;4*7-6-4-2-1-3-5-6/h3-7H2,1-2H3;4*1-5,7H. The summed E-state index contributed by atoms with van der Waals surface area (Å²) in [6.45, 7) is 4.76. The summed E-state index contributed by atoms with van der Waals surface area (Å²) in [7, 11) is 0. The molecule has 4 nitrogen and oxygen atoms in total. The molecule has 4 aromatic rings. The first kappa shape index (κ1) is 30.1. The zero-order valence-corrected chi connectivity index (χ0v) is 21.4. The Bertz CT molecular complexity index is 847. The van der Waals surface area contributed by atoms with Gasteiger partial charge in [0.1, 0.15) is 23.0 Å². The molecule has 0 unspecified atom stereocenters. The van der Waals surface area contributed by atoms with E-state index in [1.54, 1.807) is 97.1 Å². The van der Waals surface area contributed by atoms with E-state index in [-0.39, 0.29) is 0 Å². The first-order valence-corrected chi connectivity index (χ1v) is 12.2. The smallest absolute Gasteiger partial charge is 0.115 e. The summed E-state index contributed by atoms with van der Waals surface area (Å²) >= 11 is 0. The van der Waals surface area contributed by atoms with E-state index >= 15 is 0 Å². The van der Waals surface area contributed by atoms with Crippen LogP contribution in [-0.4, -0.2) is 20.4 Å². The maximum absolute atomic E-state index is 8.63. The Morgan fingerprint density at radius 3 is 0.722 bits per heavy atom. The summed E-state index contributed by atoms with van der Waals surface area (Å²) in [5.41, 5.74) is 0.679. The Labute approximate surface area is 216 Å². The maximum Gasteiger partial charge on any atom is 0.115 e. The van der Waals surface area contributed by atoms with Gasteiger partial charge in [-0.15, -0.1) is 0 Å². The molecule has 192 valence electrons. The lowest BCUT2D eigenvalue weighted by atomic mass is 9.78. The lowest BCUT2D eigenvalue weighted by Crippen LogP contribution is -2.14. The van der Waals surface area contributed by atoms with Crippen molar-refractivity contribution in [2.24, 2.45) is 5.41 Å². The molecule has 4 aromatic carbocycles. The van der Waals surface area contributed by atoms with Crippen LogP contribution in [0, 0.1) is 5.41 Å². The fourth-order valence-corrected chi connectivity index (χ4v) is 3.22. The first-order chi connectivity index (χ1) is 17.3. The lowest BCUT2D eigenvalue weighted by molar-refractivity contribution is 0.244. The van der Waals surface area contributed by atoms with Gasteiger partial charge in [0.15, 0.2) is 0 Å². The minimum absolute atomic E-state index is 0.322. The second-order valence-corrected chi connectivity index (χ2v) is 9.07. The van der Waals surface area contributed by atoms with Crippen LogP contribution in [0.3, 0.4) is 0 Å². The van der Waals surface area contributed by atoms with E-state index in [9.17, 15) is 0 Å². The molecule has 1 aliphatic carbocycles. The van der Waals surface area contributed by atoms with Crippen LogP contribution >= 0.6 is 0 Å². The Morgan fingerprint density at radius 2 is 0.611 bits per heavy atom.